The fourth-order valence-corrected chi connectivity index (χ4v) is 3.64. The molecule has 0 aromatic rings. The predicted octanol–water partition coefficient (Wildman–Crippen LogP) is 6.29. The molecule has 0 saturated carbocycles. The molecule has 0 amide bonds. The molecule has 138 valence electrons. The smallest absolute Gasteiger partial charge is 0.188 e. The Morgan fingerprint density at radius 3 is 1.96 bits per heavy atom. The summed E-state index contributed by atoms with van der Waals surface area (Å²) in [6.45, 7) is 10.1. The van der Waals surface area contributed by atoms with Gasteiger partial charge >= 0.3 is 0 Å². The molecule has 2 nitrogen and oxygen atoms in total. The van der Waals surface area contributed by atoms with Crippen LogP contribution >= 0.6 is 11.8 Å². The quantitative estimate of drug-likeness (QED) is 0.289. The highest BCUT2D eigenvalue weighted by molar-refractivity contribution is 8.13. The third kappa shape index (κ3) is 16.6. The van der Waals surface area contributed by atoms with E-state index in [0.29, 0.717) is 5.12 Å². The van der Waals surface area contributed by atoms with Crippen LogP contribution < -0.4 is 0 Å². The fourth-order valence-electron chi connectivity index (χ4n) is 2.78. The van der Waals surface area contributed by atoms with Gasteiger partial charge in [0.2, 0.25) is 0 Å². The van der Waals surface area contributed by atoms with E-state index in [1.807, 2.05) is 0 Å². The summed E-state index contributed by atoms with van der Waals surface area (Å²) < 4.78 is 0. The molecule has 0 unspecified atom stereocenters. The molecule has 3 heteroatoms. The first kappa shape index (κ1) is 23.0. The number of carbonyl (C=O) groups excluding carboxylic acids is 1. The molecule has 0 saturated heterocycles. The van der Waals surface area contributed by atoms with Crippen LogP contribution in [0.2, 0.25) is 0 Å². The molecule has 0 aliphatic rings. The number of nitrogens with zero attached hydrogens (tertiary/aromatic N) is 1. The second-order valence-electron chi connectivity index (χ2n) is 6.59. The summed E-state index contributed by atoms with van der Waals surface area (Å²) in [5.74, 6) is 1.02. The molecular formula is C20H41NOS. The van der Waals surface area contributed by atoms with Gasteiger partial charge in [-0.05, 0) is 38.9 Å². The molecule has 0 N–H and O–H groups in total. The monoisotopic (exact) mass is 343 g/mol. The van der Waals surface area contributed by atoms with Crippen molar-refractivity contribution in [1.82, 2.24) is 4.90 Å². The maximum Gasteiger partial charge on any atom is 0.188 e. The van der Waals surface area contributed by atoms with Gasteiger partial charge in [-0.15, -0.1) is 0 Å². The van der Waals surface area contributed by atoms with E-state index < -0.39 is 0 Å². The summed E-state index contributed by atoms with van der Waals surface area (Å²) in [5, 5.41) is 0.396. The molecule has 0 aromatic carbocycles. The van der Waals surface area contributed by atoms with Gasteiger partial charge in [0.1, 0.15) is 0 Å². The number of thioether (sulfide) groups is 1. The topological polar surface area (TPSA) is 20.3 Å². The molecule has 0 rings (SSSR count). The third-order valence-corrected chi connectivity index (χ3v) is 5.41. The lowest BCUT2D eigenvalue weighted by atomic mass is 10.1. The van der Waals surface area contributed by atoms with Crippen molar-refractivity contribution in [2.45, 2.75) is 97.8 Å². The maximum atomic E-state index is 11.8. The zero-order chi connectivity index (χ0) is 17.2. The first-order valence-corrected chi connectivity index (χ1v) is 11.1. The summed E-state index contributed by atoms with van der Waals surface area (Å²) >= 11 is 1.55. The molecule has 0 atom stereocenters. The van der Waals surface area contributed by atoms with Gasteiger partial charge in [-0.2, -0.15) is 0 Å². The highest BCUT2D eigenvalue weighted by Crippen LogP contribution is 2.12. The Bertz CT molecular complexity index is 258. The number of carbonyl (C=O) groups is 1. The molecule has 0 spiro atoms. The van der Waals surface area contributed by atoms with Gasteiger partial charge in [-0.25, -0.2) is 0 Å². The Kier molecular flexibility index (Phi) is 18.3. The highest BCUT2D eigenvalue weighted by Gasteiger charge is 2.06. The molecule has 0 aromatic heterocycles. The van der Waals surface area contributed by atoms with Gasteiger partial charge in [-0.1, -0.05) is 83.9 Å². The van der Waals surface area contributed by atoms with Gasteiger partial charge in [0.15, 0.2) is 5.12 Å². The fraction of sp³-hybridized carbons (Fsp3) is 0.950. The minimum absolute atomic E-state index is 0.396. The lowest BCUT2D eigenvalue weighted by Gasteiger charge is -2.20. The van der Waals surface area contributed by atoms with E-state index in [-0.39, 0.29) is 0 Å². The number of unbranched alkanes of at least 4 members (excludes halogenated alkanes) is 8. The minimum atomic E-state index is 0.396. The first-order chi connectivity index (χ1) is 11.2. The van der Waals surface area contributed by atoms with Crippen LogP contribution in [-0.4, -0.2) is 35.4 Å². The van der Waals surface area contributed by atoms with E-state index in [2.05, 4.69) is 25.7 Å². The Balaban J connectivity index is 3.48. The maximum absolute atomic E-state index is 11.8. The average Bonchev–Trinajstić information content (AvgIpc) is 2.56. The van der Waals surface area contributed by atoms with Crippen LogP contribution in [0.1, 0.15) is 97.8 Å². The van der Waals surface area contributed by atoms with Crippen LogP contribution in [0.5, 0.6) is 0 Å². The standard InChI is InChI=1S/C20H41NOS/c1-4-7-9-10-11-12-13-17-21(6-3)18-15-16-20(22)23-19-14-8-5-2/h4-19H2,1-3H3. The Labute approximate surface area is 150 Å². The zero-order valence-electron chi connectivity index (χ0n) is 16.1. The average molecular weight is 344 g/mol. The van der Waals surface area contributed by atoms with Crippen LogP contribution in [-0.2, 0) is 4.79 Å². The summed E-state index contributed by atoms with van der Waals surface area (Å²) in [6.07, 6.45) is 15.1. The first-order valence-electron chi connectivity index (χ1n) is 10.1. The SMILES string of the molecule is CCCCCCCCCN(CC)CCCC(=O)SCCCCC. The Hall–Kier alpha value is -0.0200. The third-order valence-electron chi connectivity index (χ3n) is 4.39. The second kappa shape index (κ2) is 18.3. The van der Waals surface area contributed by atoms with Crippen LogP contribution in [0, 0.1) is 0 Å². The number of hydrogen-bond donors (Lipinski definition) is 0. The summed E-state index contributed by atoms with van der Waals surface area (Å²) in [6, 6.07) is 0. The van der Waals surface area contributed by atoms with Gasteiger partial charge in [0.25, 0.3) is 0 Å². The van der Waals surface area contributed by atoms with E-state index in [9.17, 15) is 4.79 Å². The van der Waals surface area contributed by atoms with Crippen molar-refractivity contribution in [3.05, 3.63) is 0 Å². The lowest BCUT2D eigenvalue weighted by molar-refractivity contribution is -0.111. The van der Waals surface area contributed by atoms with Gasteiger partial charge in [-0.3, -0.25) is 4.79 Å². The van der Waals surface area contributed by atoms with E-state index in [4.69, 9.17) is 0 Å². The van der Waals surface area contributed by atoms with Crippen molar-refractivity contribution in [1.29, 1.82) is 0 Å². The highest BCUT2D eigenvalue weighted by atomic mass is 32.2. The van der Waals surface area contributed by atoms with E-state index in [0.717, 1.165) is 31.7 Å². The Morgan fingerprint density at radius 1 is 0.739 bits per heavy atom. The van der Waals surface area contributed by atoms with Crippen LogP contribution in [0.3, 0.4) is 0 Å². The van der Waals surface area contributed by atoms with Crippen LogP contribution in [0.25, 0.3) is 0 Å². The number of rotatable bonds is 17. The Morgan fingerprint density at radius 2 is 1.30 bits per heavy atom. The largest absolute Gasteiger partial charge is 0.304 e. The van der Waals surface area contributed by atoms with Crippen molar-refractivity contribution in [2.24, 2.45) is 0 Å². The van der Waals surface area contributed by atoms with Gasteiger partial charge in [0.05, 0.1) is 0 Å². The molecule has 0 fully saturated rings. The second-order valence-corrected chi connectivity index (χ2v) is 7.74. The molecule has 0 aliphatic heterocycles. The van der Waals surface area contributed by atoms with Gasteiger partial charge < -0.3 is 4.90 Å². The van der Waals surface area contributed by atoms with E-state index >= 15 is 0 Å². The van der Waals surface area contributed by atoms with E-state index in [1.54, 1.807) is 11.8 Å². The van der Waals surface area contributed by atoms with Crippen molar-refractivity contribution in [3.8, 4) is 0 Å². The zero-order valence-corrected chi connectivity index (χ0v) is 16.9. The summed E-state index contributed by atoms with van der Waals surface area (Å²) in [5.41, 5.74) is 0. The van der Waals surface area contributed by atoms with Crippen molar-refractivity contribution < 1.29 is 4.79 Å². The van der Waals surface area contributed by atoms with Crippen molar-refractivity contribution in [3.63, 3.8) is 0 Å². The van der Waals surface area contributed by atoms with Gasteiger partial charge in [0, 0.05) is 12.2 Å². The molecule has 0 heterocycles. The van der Waals surface area contributed by atoms with Crippen molar-refractivity contribution in [2.75, 3.05) is 25.4 Å². The molecule has 23 heavy (non-hydrogen) atoms. The minimum Gasteiger partial charge on any atom is -0.304 e. The van der Waals surface area contributed by atoms with Crippen LogP contribution in [0.15, 0.2) is 0 Å². The predicted molar refractivity (Wildman–Crippen MR) is 106 cm³/mol. The normalized spacial score (nSPS) is 11.3. The van der Waals surface area contributed by atoms with Crippen molar-refractivity contribution >= 4 is 16.9 Å². The molecule has 0 aliphatic carbocycles. The lowest BCUT2D eigenvalue weighted by Crippen LogP contribution is -2.26. The summed E-state index contributed by atoms with van der Waals surface area (Å²) in [7, 11) is 0. The molecular weight excluding hydrogens is 302 g/mol. The molecule has 0 bridgehead atoms. The molecule has 0 radical (unpaired) electrons. The van der Waals surface area contributed by atoms with E-state index in [1.165, 1.54) is 70.8 Å². The summed E-state index contributed by atoms with van der Waals surface area (Å²) in [4.78, 5) is 14.3. The van der Waals surface area contributed by atoms with Crippen LogP contribution in [0.4, 0.5) is 0 Å². The number of hydrogen-bond acceptors (Lipinski definition) is 3.